The van der Waals surface area contributed by atoms with E-state index in [0.717, 1.165) is 22.2 Å². The lowest BCUT2D eigenvalue weighted by Gasteiger charge is -2.32. The quantitative estimate of drug-likeness (QED) is 0.695. The van der Waals surface area contributed by atoms with Gasteiger partial charge in [0.1, 0.15) is 0 Å². The number of carbonyl (C=O) groups is 1. The van der Waals surface area contributed by atoms with E-state index < -0.39 is 28.3 Å². The van der Waals surface area contributed by atoms with Crippen molar-refractivity contribution >= 4 is 34.2 Å². The van der Waals surface area contributed by atoms with Gasteiger partial charge in [-0.25, -0.2) is 13.6 Å². The van der Waals surface area contributed by atoms with Crippen LogP contribution in [-0.4, -0.2) is 39.2 Å². The molecule has 1 unspecified atom stereocenters. The number of anilines is 1. The van der Waals surface area contributed by atoms with Crippen molar-refractivity contribution in [1.29, 1.82) is 0 Å². The summed E-state index contributed by atoms with van der Waals surface area (Å²) in [4.78, 5) is 15.2. The zero-order valence-electron chi connectivity index (χ0n) is 19.4. The minimum Gasteiger partial charge on any atom is -0.399 e. The van der Waals surface area contributed by atoms with Gasteiger partial charge in [0.2, 0.25) is 15.9 Å². The summed E-state index contributed by atoms with van der Waals surface area (Å²) < 4.78 is 36.0. The molecule has 3 aliphatic rings. The number of hydrogen-bond donors (Lipinski definition) is 1. The topological polar surface area (TPSA) is 98.9 Å². The lowest BCUT2D eigenvalue weighted by Crippen LogP contribution is -2.41. The van der Waals surface area contributed by atoms with Gasteiger partial charge >= 0.3 is 7.12 Å². The van der Waals surface area contributed by atoms with Gasteiger partial charge in [0, 0.05) is 18.2 Å². The van der Waals surface area contributed by atoms with Crippen molar-refractivity contribution in [3.63, 3.8) is 0 Å². The summed E-state index contributed by atoms with van der Waals surface area (Å²) in [6, 6.07) is 11.0. The molecule has 1 aliphatic carbocycles. The monoisotopic (exact) mass is 468 g/mol. The fraction of sp³-hybridized carbons (Fsp3) is 0.458. The average molecular weight is 468 g/mol. The maximum Gasteiger partial charge on any atom is 0.494 e. The number of fused-ring (bicyclic) bond motifs is 2. The van der Waals surface area contributed by atoms with Crippen molar-refractivity contribution in [2.24, 2.45) is 11.1 Å². The largest absolute Gasteiger partial charge is 0.494 e. The molecule has 0 spiro atoms. The van der Waals surface area contributed by atoms with E-state index >= 15 is 0 Å². The maximum atomic E-state index is 13.4. The Hall–Kier alpha value is -2.20. The SMILES string of the molecule is CC1(C)OB(c2ccc3c(c2)CC(C(=O)N2CCc4ccc(S(N)(=O)=O)cc42)C3)OC1(C)C. The minimum absolute atomic E-state index is 0.0219. The van der Waals surface area contributed by atoms with Crippen molar-refractivity contribution in [3.8, 4) is 0 Å². The Morgan fingerprint density at radius 1 is 1.00 bits per heavy atom. The molecule has 0 saturated carbocycles. The fourth-order valence-electron chi connectivity index (χ4n) is 4.92. The first-order valence-corrected chi connectivity index (χ1v) is 12.8. The number of rotatable bonds is 3. The van der Waals surface area contributed by atoms with E-state index in [0.29, 0.717) is 31.5 Å². The van der Waals surface area contributed by atoms with Crippen LogP contribution in [0.15, 0.2) is 41.3 Å². The van der Waals surface area contributed by atoms with E-state index in [1.807, 2.05) is 33.8 Å². The summed E-state index contributed by atoms with van der Waals surface area (Å²) in [5, 5.41) is 5.30. The molecule has 33 heavy (non-hydrogen) atoms. The van der Waals surface area contributed by atoms with Crippen molar-refractivity contribution in [3.05, 3.63) is 53.1 Å². The Morgan fingerprint density at radius 2 is 1.64 bits per heavy atom. The summed E-state index contributed by atoms with van der Waals surface area (Å²) in [5.74, 6) is -0.161. The van der Waals surface area contributed by atoms with E-state index in [-0.39, 0.29) is 16.7 Å². The predicted octanol–water partition coefficient (Wildman–Crippen LogP) is 1.94. The standard InChI is InChI=1S/C24H29BN2O5S/c1-23(2)24(3,4)32-25(31-23)19-7-5-16-11-18(12-17(16)13-19)22(28)27-10-9-15-6-8-20(14-21(15)27)33(26,29)30/h5-8,13-14,18H,9-12H2,1-4H3,(H2,26,29,30). The first-order chi connectivity index (χ1) is 15.4. The van der Waals surface area contributed by atoms with Crippen LogP contribution in [0.5, 0.6) is 0 Å². The van der Waals surface area contributed by atoms with E-state index in [9.17, 15) is 13.2 Å². The van der Waals surface area contributed by atoms with Crippen LogP contribution in [0.3, 0.4) is 0 Å². The molecule has 1 atom stereocenters. The van der Waals surface area contributed by atoms with Gasteiger partial charge in [-0.1, -0.05) is 24.3 Å². The molecule has 2 aromatic carbocycles. The van der Waals surface area contributed by atoms with E-state index in [2.05, 4.69) is 12.1 Å². The predicted molar refractivity (Wildman–Crippen MR) is 127 cm³/mol. The highest BCUT2D eigenvalue weighted by Gasteiger charge is 2.52. The Morgan fingerprint density at radius 3 is 2.30 bits per heavy atom. The van der Waals surface area contributed by atoms with Crippen LogP contribution in [0.2, 0.25) is 0 Å². The number of sulfonamides is 1. The van der Waals surface area contributed by atoms with Gasteiger partial charge in [-0.15, -0.1) is 0 Å². The van der Waals surface area contributed by atoms with Crippen LogP contribution in [-0.2, 0) is 43.4 Å². The number of amides is 1. The number of nitrogens with zero attached hydrogens (tertiary/aromatic N) is 1. The van der Waals surface area contributed by atoms with Crippen molar-refractivity contribution in [2.75, 3.05) is 11.4 Å². The third kappa shape index (κ3) is 3.81. The lowest BCUT2D eigenvalue weighted by atomic mass is 9.78. The third-order valence-corrected chi connectivity index (χ3v) is 8.50. The Labute approximate surface area is 195 Å². The van der Waals surface area contributed by atoms with Gasteiger partial charge < -0.3 is 14.2 Å². The van der Waals surface area contributed by atoms with Crippen LogP contribution < -0.4 is 15.5 Å². The molecule has 1 saturated heterocycles. The molecule has 7 nitrogen and oxygen atoms in total. The first-order valence-electron chi connectivity index (χ1n) is 11.3. The minimum atomic E-state index is -3.83. The second-order valence-electron chi connectivity index (χ2n) is 10.3. The van der Waals surface area contributed by atoms with Crippen molar-refractivity contribution < 1.29 is 22.5 Å². The summed E-state index contributed by atoms with van der Waals surface area (Å²) in [7, 11) is -4.26. The molecule has 1 fully saturated rings. The number of primary sulfonamides is 1. The van der Waals surface area contributed by atoms with Crippen LogP contribution in [0.4, 0.5) is 5.69 Å². The van der Waals surface area contributed by atoms with Gasteiger partial charge in [-0.3, -0.25) is 4.79 Å². The second kappa shape index (κ2) is 7.40. The third-order valence-electron chi connectivity index (χ3n) is 7.58. The molecule has 0 aromatic heterocycles. The molecule has 5 rings (SSSR count). The number of nitrogens with two attached hydrogens (primary N) is 1. The maximum absolute atomic E-state index is 13.4. The highest BCUT2D eigenvalue weighted by Crippen LogP contribution is 2.38. The molecule has 2 aromatic rings. The Bertz CT molecular complexity index is 1240. The molecule has 174 valence electrons. The molecule has 9 heteroatoms. The van der Waals surface area contributed by atoms with Gasteiger partial charge in [-0.2, -0.15) is 0 Å². The zero-order chi connectivity index (χ0) is 23.8. The summed E-state index contributed by atoms with van der Waals surface area (Å²) >= 11 is 0. The van der Waals surface area contributed by atoms with Crippen molar-refractivity contribution in [2.45, 2.75) is 63.1 Å². The van der Waals surface area contributed by atoms with Gasteiger partial charge in [-0.05, 0) is 81.2 Å². The zero-order valence-corrected chi connectivity index (χ0v) is 20.2. The van der Waals surface area contributed by atoms with Gasteiger partial charge in [0.15, 0.2) is 0 Å². The highest BCUT2D eigenvalue weighted by molar-refractivity contribution is 7.89. The van der Waals surface area contributed by atoms with Crippen LogP contribution in [0.25, 0.3) is 0 Å². The summed E-state index contributed by atoms with van der Waals surface area (Å²) in [5.41, 5.74) is 4.06. The van der Waals surface area contributed by atoms with Gasteiger partial charge in [0.25, 0.3) is 0 Å². The Kier molecular flexibility index (Phi) is 5.07. The van der Waals surface area contributed by atoms with Crippen molar-refractivity contribution in [1.82, 2.24) is 0 Å². The molecule has 0 bridgehead atoms. The van der Waals surface area contributed by atoms with Gasteiger partial charge in [0.05, 0.1) is 16.1 Å². The molecular weight excluding hydrogens is 439 g/mol. The van der Waals surface area contributed by atoms with E-state index in [1.165, 1.54) is 12.1 Å². The van der Waals surface area contributed by atoms with Crippen LogP contribution in [0.1, 0.15) is 44.4 Å². The summed E-state index contributed by atoms with van der Waals surface area (Å²) in [6.45, 7) is 8.68. The molecular formula is C24H29BN2O5S. The molecule has 2 heterocycles. The normalized spacial score (nSPS) is 23.0. The fourth-order valence-corrected chi connectivity index (χ4v) is 5.46. The van der Waals surface area contributed by atoms with Crippen LogP contribution >= 0.6 is 0 Å². The summed E-state index contributed by atoms with van der Waals surface area (Å²) in [6.07, 6.45) is 2.01. The number of hydrogen-bond acceptors (Lipinski definition) is 5. The first kappa shape index (κ1) is 22.6. The molecule has 2 N–H and O–H groups in total. The second-order valence-corrected chi connectivity index (χ2v) is 11.9. The number of carbonyl (C=O) groups excluding carboxylic acids is 1. The lowest BCUT2D eigenvalue weighted by molar-refractivity contribution is -0.122. The van der Waals surface area contributed by atoms with E-state index in [4.69, 9.17) is 14.4 Å². The average Bonchev–Trinajstić information content (AvgIpc) is 3.39. The number of benzene rings is 2. The molecule has 0 radical (unpaired) electrons. The van der Waals surface area contributed by atoms with Crippen LogP contribution in [0, 0.1) is 5.92 Å². The Balaban J connectivity index is 1.35. The molecule has 1 amide bonds. The van der Waals surface area contributed by atoms with E-state index in [1.54, 1.807) is 11.0 Å². The highest BCUT2D eigenvalue weighted by atomic mass is 32.2. The smallest absolute Gasteiger partial charge is 0.399 e. The molecule has 2 aliphatic heterocycles.